The van der Waals surface area contributed by atoms with E-state index in [2.05, 4.69) is 17.0 Å². The molecule has 0 aliphatic carbocycles. The average Bonchev–Trinajstić information content (AvgIpc) is 2.91. The third kappa shape index (κ3) is 4.57. The van der Waals surface area contributed by atoms with Crippen LogP contribution in [0.25, 0.3) is 22.3 Å². The molecule has 0 unspecified atom stereocenters. The van der Waals surface area contributed by atoms with Crippen LogP contribution in [0, 0.1) is 6.92 Å². The van der Waals surface area contributed by atoms with E-state index >= 15 is 0 Å². The molecule has 1 aliphatic heterocycles. The number of rotatable bonds is 5. The molecular weight excluding hydrogens is 440 g/mol. The van der Waals surface area contributed by atoms with Gasteiger partial charge in [0, 0.05) is 43.9 Å². The molecule has 6 nitrogen and oxygen atoms in total. The van der Waals surface area contributed by atoms with Crippen molar-refractivity contribution in [3.63, 3.8) is 0 Å². The maximum Gasteiger partial charge on any atom is 0.257 e. The Balaban J connectivity index is 1.37. The summed E-state index contributed by atoms with van der Waals surface area (Å²) in [5, 5.41) is 0.436. The third-order valence-electron chi connectivity index (χ3n) is 6.64. The molecule has 4 aromatic rings. The van der Waals surface area contributed by atoms with Crippen LogP contribution >= 0.6 is 0 Å². The zero-order valence-corrected chi connectivity index (χ0v) is 20.0. The number of ether oxygens (including phenoxy) is 1. The number of hydrogen-bond donors (Lipinski definition) is 0. The van der Waals surface area contributed by atoms with Gasteiger partial charge in [0.25, 0.3) is 5.91 Å². The number of amides is 1. The highest BCUT2D eigenvalue weighted by Gasteiger charge is 2.25. The molecule has 5 rings (SSSR count). The van der Waals surface area contributed by atoms with Gasteiger partial charge < -0.3 is 14.1 Å². The Bertz CT molecular complexity index is 1400. The summed E-state index contributed by atoms with van der Waals surface area (Å²) < 4.78 is 11.5. The lowest BCUT2D eigenvalue weighted by Crippen LogP contribution is -2.48. The first-order valence-electron chi connectivity index (χ1n) is 11.8. The lowest BCUT2D eigenvalue weighted by atomic mass is 10.0. The van der Waals surface area contributed by atoms with E-state index in [9.17, 15) is 9.59 Å². The van der Waals surface area contributed by atoms with E-state index in [0.717, 1.165) is 30.9 Å². The third-order valence-corrected chi connectivity index (χ3v) is 6.64. The standard InChI is InChI=1S/C29H28N2O4/c1-20-26(32)24-9-6-10-25(28(24)35-27(20)22-7-4-3-5-8-22)29(33)31-17-15-30(16-18-31)19-21-11-13-23(34-2)14-12-21/h3-14H,15-19H2,1-2H3. The van der Waals surface area contributed by atoms with Gasteiger partial charge in [-0.05, 0) is 36.8 Å². The molecule has 6 heteroatoms. The van der Waals surface area contributed by atoms with Crippen LogP contribution in [0.1, 0.15) is 21.5 Å². The minimum absolute atomic E-state index is 0.106. The number of carbonyl (C=O) groups is 1. The molecule has 2 heterocycles. The summed E-state index contributed by atoms with van der Waals surface area (Å²) >= 11 is 0. The Morgan fingerprint density at radius 3 is 2.31 bits per heavy atom. The number of piperazine rings is 1. The number of hydrogen-bond acceptors (Lipinski definition) is 5. The highest BCUT2D eigenvalue weighted by Crippen LogP contribution is 2.28. The normalized spacial score (nSPS) is 14.3. The summed E-state index contributed by atoms with van der Waals surface area (Å²) in [7, 11) is 1.66. The molecule has 1 aromatic heterocycles. The SMILES string of the molecule is COc1ccc(CN2CCN(C(=O)c3cccc4c(=O)c(C)c(-c5ccccc5)oc34)CC2)cc1. The molecule has 3 aromatic carbocycles. The van der Waals surface area contributed by atoms with E-state index in [1.807, 2.05) is 47.4 Å². The second kappa shape index (κ2) is 9.76. The van der Waals surface area contributed by atoms with E-state index in [0.29, 0.717) is 40.9 Å². The molecule has 1 saturated heterocycles. The molecule has 1 amide bonds. The summed E-state index contributed by atoms with van der Waals surface area (Å²) in [5.41, 5.74) is 3.25. The van der Waals surface area contributed by atoms with E-state index in [-0.39, 0.29) is 11.3 Å². The van der Waals surface area contributed by atoms with Gasteiger partial charge in [0.1, 0.15) is 11.5 Å². The van der Waals surface area contributed by atoms with Gasteiger partial charge in [-0.25, -0.2) is 0 Å². The van der Waals surface area contributed by atoms with E-state index in [4.69, 9.17) is 9.15 Å². The van der Waals surface area contributed by atoms with E-state index in [1.165, 1.54) is 5.56 Å². The zero-order chi connectivity index (χ0) is 24.4. The van der Waals surface area contributed by atoms with Crippen LogP contribution in [0.2, 0.25) is 0 Å². The van der Waals surface area contributed by atoms with Gasteiger partial charge in [-0.3, -0.25) is 14.5 Å². The second-order valence-corrected chi connectivity index (χ2v) is 8.85. The lowest BCUT2D eigenvalue weighted by molar-refractivity contribution is 0.0629. The molecule has 1 aliphatic rings. The van der Waals surface area contributed by atoms with Gasteiger partial charge in [-0.1, -0.05) is 48.5 Å². The molecule has 178 valence electrons. The lowest BCUT2D eigenvalue weighted by Gasteiger charge is -2.34. The molecule has 1 fully saturated rings. The van der Waals surface area contributed by atoms with Gasteiger partial charge in [-0.2, -0.15) is 0 Å². The van der Waals surface area contributed by atoms with Crippen molar-refractivity contribution >= 4 is 16.9 Å². The topological polar surface area (TPSA) is 63.0 Å². The van der Waals surface area contributed by atoms with Crippen LogP contribution < -0.4 is 10.2 Å². The highest BCUT2D eigenvalue weighted by molar-refractivity contribution is 6.05. The van der Waals surface area contributed by atoms with Crippen molar-refractivity contribution in [1.29, 1.82) is 0 Å². The number of carbonyl (C=O) groups excluding carboxylic acids is 1. The van der Waals surface area contributed by atoms with Crippen LogP contribution in [0.4, 0.5) is 0 Å². The Morgan fingerprint density at radius 2 is 1.63 bits per heavy atom. The van der Waals surface area contributed by atoms with Gasteiger partial charge in [-0.15, -0.1) is 0 Å². The average molecular weight is 469 g/mol. The first-order chi connectivity index (χ1) is 17.0. The number of benzene rings is 3. The zero-order valence-electron chi connectivity index (χ0n) is 20.0. The van der Waals surface area contributed by atoms with Crippen LogP contribution in [-0.4, -0.2) is 49.0 Å². The van der Waals surface area contributed by atoms with Crippen LogP contribution in [0.5, 0.6) is 5.75 Å². The monoisotopic (exact) mass is 468 g/mol. The predicted molar refractivity (Wildman–Crippen MR) is 137 cm³/mol. The molecule has 0 saturated carbocycles. The Morgan fingerprint density at radius 1 is 0.914 bits per heavy atom. The van der Waals surface area contributed by atoms with Crippen LogP contribution in [-0.2, 0) is 6.54 Å². The Hall–Kier alpha value is -3.90. The quantitative estimate of drug-likeness (QED) is 0.424. The van der Waals surface area contributed by atoms with Crippen molar-refractivity contribution in [3.8, 4) is 17.1 Å². The number of fused-ring (bicyclic) bond motifs is 1. The molecular formula is C29H28N2O4. The molecule has 0 bridgehead atoms. The second-order valence-electron chi connectivity index (χ2n) is 8.85. The number of nitrogens with zero attached hydrogens (tertiary/aromatic N) is 2. The summed E-state index contributed by atoms with van der Waals surface area (Å²) in [6, 6.07) is 22.9. The maximum absolute atomic E-state index is 13.5. The highest BCUT2D eigenvalue weighted by atomic mass is 16.5. The van der Waals surface area contributed by atoms with Crippen molar-refractivity contribution in [1.82, 2.24) is 9.80 Å². The first-order valence-corrected chi connectivity index (χ1v) is 11.8. The smallest absolute Gasteiger partial charge is 0.257 e. The summed E-state index contributed by atoms with van der Waals surface area (Å²) in [4.78, 5) is 30.8. The fourth-order valence-corrected chi connectivity index (χ4v) is 4.61. The minimum atomic E-state index is -0.107. The Kier molecular flexibility index (Phi) is 6.38. The summed E-state index contributed by atoms with van der Waals surface area (Å²) in [5.74, 6) is 1.25. The maximum atomic E-state index is 13.5. The van der Waals surface area contributed by atoms with Crippen LogP contribution in [0.3, 0.4) is 0 Å². The van der Waals surface area contributed by atoms with Gasteiger partial charge >= 0.3 is 0 Å². The van der Waals surface area contributed by atoms with Crippen molar-refractivity contribution in [2.24, 2.45) is 0 Å². The fraction of sp³-hybridized carbons (Fsp3) is 0.241. The molecule has 0 spiro atoms. The van der Waals surface area contributed by atoms with Crippen molar-refractivity contribution < 1.29 is 13.9 Å². The largest absolute Gasteiger partial charge is 0.497 e. The van der Waals surface area contributed by atoms with E-state index in [1.54, 1.807) is 32.2 Å². The molecule has 0 atom stereocenters. The minimum Gasteiger partial charge on any atom is -0.497 e. The van der Waals surface area contributed by atoms with Crippen molar-refractivity contribution in [2.45, 2.75) is 13.5 Å². The summed E-state index contributed by atoms with van der Waals surface area (Å²) in [6.45, 7) is 5.39. The molecule has 0 N–H and O–H groups in total. The van der Waals surface area contributed by atoms with Crippen molar-refractivity contribution in [3.05, 3.63) is 99.7 Å². The number of para-hydroxylation sites is 1. The van der Waals surface area contributed by atoms with Crippen molar-refractivity contribution in [2.75, 3.05) is 33.3 Å². The van der Waals surface area contributed by atoms with Gasteiger partial charge in [0.15, 0.2) is 11.0 Å². The molecule has 35 heavy (non-hydrogen) atoms. The van der Waals surface area contributed by atoms with E-state index < -0.39 is 0 Å². The fourth-order valence-electron chi connectivity index (χ4n) is 4.61. The molecule has 0 radical (unpaired) electrons. The Labute approximate surface area is 204 Å². The predicted octanol–water partition coefficient (Wildman–Crippen LogP) is 4.74. The first kappa shape index (κ1) is 22.9. The van der Waals surface area contributed by atoms with Gasteiger partial charge in [0.2, 0.25) is 0 Å². The number of methoxy groups -OCH3 is 1. The van der Waals surface area contributed by atoms with Gasteiger partial charge in [0.05, 0.1) is 18.1 Å². The summed E-state index contributed by atoms with van der Waals surface area (Å²) in [6.07, 6.45) is 0. The van der Waals surface area contributed by atoms with Crippen LogP contribution in [0.15, 0.2) is 82.0 Å².